The molecule has 0 N–H and O–H groups in total. The maximum atomic E-state index is 12.6. The van der Waals surface area contributed by atoms with Gasteiger partial charge in [-0.2, -0.15) is 0 Å². The molecule has 0 bridgehead atoms. The summed E-state index contributed by atoms with van der Waals surface area (Å²) in [5.41, 5.74) is 0.626. The normalized spacial score (nSPS) is 13.0. The summed E-state index contributed by atoms with van der Waals surface area (Å²) in [7, 11) is 0. The molecule has 0 atom stereocenters. The molecule has 0 radical (unpaired) electrons. The second-order valence-electron chi connectivity index (χ2n) is 5.88. The van der Waals surface area contributed by atoms with Gasteiger partial charge in [0.25, 0.3) is 11.8 Å². The molecule has 0 unspecified atom stereocenters. The van der Waals surface area contributed by atoms with Crippen LogP contribution in [0.4, 0.5) is 0 Å². The summed E-state index contributed by atoms with van der Waals surface area (Å²) in [6.45, 7) is 0.0397. The smallest absolute Gasteiger partial charge is 0.343 e. The predicted molar refractivity (Wildman–Crippen MR) is 98.5 cm³/mol. The number of benzene rings is 2. The molecule has 4 rings (SSSR count). The molecule has 27 heavy (non-hydrogen) atoms. The lowest BCUT2D eigenvalue weighted by atomic mass is 10.1. The molecular formula is C20H12BrNO5. The van der Waals surface area contributed by atoms with E-state index in [4.69, 9.17) is 9.15 Å². The molecule has 0 spiro atoms. The predicted octanol–water partition coefficient (Wildman–Crippen LogP) is 4.06. The highest BCUT2D eigenvalue weighted by atomic mass is 79.9. The number of carbonyl (C=O) groups is 3. The van der Waals surface area contributed by atoms with Gasteiger partial charge in [-0.05, 0) is 54.6 Å². The van der Waals surface area contributed by atoms with Crippen LogP contribution >= 0.6 is 15.9 Å². The van der Waals surface area contributed by atoms with E-state index in [1.54, 1.807) is 36.4 Å². The van der Waals surface area contributed by atoms with Crippen molar-refractivity contribution in [3.8, 4) is 5.75 Å². The van der Waals surface area contributed by atoms with Gasteiger partial charge in [0, 0.05) is 4.47 Å². The van der Waals surface area contributed by atoms with E-state index in [-0.39, 0.29) is 23.2 Å². The lowest BCUT2D eigenvalue weighted by Crippen LogP contribution is -2.28. The van der Waals surface area contributed by atoms with Crippen molar-refractivity contribution in [2.45, 2.75) is 6.54 Å². The first-order valence-electron chi connectivity index (χ1n) is 8.03. The average Bonchev–Trinajstić information content (AvgIpc) is 3.26. The molecule has 134 valence electrons. The fraction of sp³-hybridized carbons (Fsp3) is 0.0500. The van der Waals surface area contributed by atoms with E-state index < -0.39 is 17.8 Å². The standard InChI is InChI=1S/C20H12BrNO5/c21-13-4-6-14(7-5-13)27-20(25)12-3-8-16-17(10-12)19(24)22(18(16)23)11-15-2-1-9-26-15/h1-10H,11H2. The van der Waals surface area contributed by atoms with Crippen molar-refractivity contribution in [1.82, 2.24) is 4.90 Å². The Kier molecular flexibility index (Phi) is 4.37. The topological polar surface area (TPSA) is 76.8 Å². The van der Waals surface area contributed by atoms with Crippen molar-refractivity contribution in [3.05, 3.63) is 87.8 Å². The summed E-state index contributed by atoms with van der Waals surface area (Å²) in [6.07, 6.45) is 1.48. The van der Waals surface area contributed by atoms with Crippen LogP contribution in [-0.4, -0.2) is 22.7 Å². The Balaban J connectivity index is 1.57. The molecule has 1 aliphatic heterocycles. The van der Waals surface area contributed by atoms with Gasteiger partial charge >= 0.3 is 5.97 Å². The Labute approximate surface area is 162 Å². The Morgan fingerprint density at radius 1 is 1.00 bits per heavy atom. The quantitative estimate of drug-likeness (QED) is 0.357. The molecule has 6 nitrogen and oxygen atoms in total. The highest BCUT2D eigenvalue weighted by Crippen LogP contribution is 2.26. The molecule has 3 aromatic rings. The number of imide groups is 1. The van der Waals surface area contributed by atoms with E-state index in [1.807, 2.05) is 0 Å². The zero-order valence-electron chi connectivity index (χ0n) is 13.8. The summed E-state index contributed by atoms with van der Waals surface area (Å²) in [4.78, 5) is 38.5. The molecule has 1 aliphatic rings. The number of nitrogens with zero attached hydrogens (tertiary/aromatic N) is 1. The van der Waals surface area contributed by atoms with Gasteiger partial charge < -0.3 is 9.15 Å². The van der Waals surface area contributed by atoms with Crippen molar-refractivity contribution < 1.29 is 23.5 Å². The van der Waals surface area contributed by atoms with Crippen LogP contribution in [0.3, 0.4) is 0 Å². The van der Waals surface area contributed by atoms with Gasteiger partial charge in [-0.1, -0.05) is 15.9 Å². The van der Waals surface area contributed by atoms with Gasteiger partial charge in [0.2, 0.25) is 0 Å². The van der Waals surface area contributed by atoms with Gasteiger partial charge in [0.15, 0.2) is 0 Å². The maximum Gasteiger partial charge on any atom is 0.343 e. The van der Waals surface area contributed by atoms with Crippen LogP contribution in [0, 0.1) is 0 Å². The van der Waals surface area contributed by atoms with Crippen LogP contribution in [0.25, 0.3) is 0 Å². The molecule has 2 heterocycles. The summed E-state index contributed by atoms with van der Waals surface area (Å²) in [6, 6.07) is 14.5. The highest BCUT2D eigenvalue weighted by molar-refractivity contribution is 9.10. The number of furan rings is 1. The zero-order chi connectivity index (χ0) is 19.0. The third-order valence-electron chi connectivity index (χ3n) is 4.12. The number of esters is 1. The minimum Gasteiger partial charge on any atom is -0.467 e. The fourth-order valence-corrected chi connectivity index (χ4v) is 3.05. The third-order valence-corrected chi connectivity index (χ3v) is 4.65. The van der Waals surface area contributed by atoms with Gasteiger partial charge in [-0.3, -0.25) is 14.5 Å². The first-order valence-corrected chi connectivity index (χ1v) is 8.82. The Bertz CT molecular complexity index is 1040. The first-order chi connectivity index (χ1) is 13.0. The molecule has 0 aliphatic carbocycles. The van der Waals surface area contributed by atoms with Gasteiger partial charge in [0.1, 0.15) is 11.5 Å². The molecular weight excluding hydrogens is 414 g/mol. The minimum atomic E-state index is -0.607. The van der Waals surface area contributed by atoms with Crippen molar-refractivity contribution in [2.75, 3.05) is 0 Å². The lowest BCUT2D eigenvalue weighted by Gasteiger charge is -2.11. The van der Waals surface area contributed by atoms with E-state index in [9.17, 15) is 14.4 Å². The molecule has 7 heteroatoms. The van der Waals surface area contributed by atoms with Gasteiger partial charge in [-0.15, -0.1) is 0 Å². The van der Waals surface area contributed by atoms with E-state index in [1.165, 1.54) is 24.5 Å². The van der Waals surface area contributed by atoms with E-state index >= 15 is 0 Å². The monoisotopic (exact) mass is 425 g/mol. The second-order valence-corrected chi connectivity index (χ2v) is 6.80. The number of amides is 2. The summed E-state index contributed by atoms with van der Waals surface area (Å²) < 4.78 is 11.4. The van der Waals surface area contributed by atoms with Gasteiger partial charge in [0.05, 0.1) is 29.5 Å². The van der Waals surface area contributed by atoms with E-state index in [2.05, 4.69) is 15.9 Å². The molecule has 1 aromatic heterocycles. The van der Waals surface area contributed by atoms with Crippen molar-refractivity contribution in [1.29, 1.82) is 0 Å². The first kappa shape index (κ1) is 17.2. The number of carbonyl (C=O) groups excluding carboxylic acids is 3. The van der Waals surface area contributed by atoms with E-state index in [0.717, 1.165) is 9.37 Å². The van der Waals surface area contributed by atoms with Crippen molar-refractivity contribution in [2.24, 2.45) is 0 Å². The Morgan fingerprint density at radius 2 is 1.74 bits per heavy atom. The number of ether oxygens (including phenoxy) is 1. The zero-order valence-corrected chi connectivity index (χ0v) is 15.4. The van der Waals surface area contributed by atoms with Crippen molar-refractivity contribution >= 4 is 33.7 Å². The van der Waals surface area contributed by atoms with Crippen LogP contribution in [0.2, 0.25) is 0 Å². The molecule has 0 saturated carbocycles. The molecule has 2 aromatic carbocycles. The van der Waals surface area contributed by atoms with Crippen LogP contribution in [0.15, 0.2) is 69.8 Å². The molecule has 0 fully saturated rings. The van der Waals surface area contributed by atoms with Crippen LogP contribution in [-0.2, 0) is 6.54 Å². The lowest BCUT2D eigenvalue weighted by molar-refractivity contribution is 0.0631. The van der Waals surface area contributed by atoms with E-state index in [0.29, 0.717) is 11.5 Å². The number of fused-ring (bicyclic) bond motifs is 1. The largest absolute Gasteiger partial charge is 0.467 e. The SMILES string of the molecule is O=C(Oc1ccc(Br)cc1)c1ccc2c(c1)C(=O)N(Cc1ccco1)C2=O. The van der Waals surface area contributed by atoms with Crippen molar-refractivity contribution in [3.63, 3.8) is 0 Å². The number of halogens is 1. The number of hydrogen-bond acceptors (Lipinski definition) is 5. The number of hydrogen-bond donors (Lipinski definition) is 0. The second kappa shape index (κ2) is 6.85. The molecule has 0 saturated heterocycles. The summed E-state index contributed by atoms with van der Waals surface area (Å²) in [5.74, 6) is -0.612. The third kappa shape index (κ3) is 3.29. The fourth-order valence-electron chi connectivity index (χ4n) is 2.79. The Morgan fingerprint density at radius 3 is 2.44 bits per heavy atom. The maximum absolute atomic E-state index is 12.6. The number of rotatable bonds is 4. The van der Waals surface area contributed by atoms with Crippen LogP contribution in [0.5, 0.6) is 5.75 Å². The average molecular weight is 426 g/mol. The highest BCUT2D eigenvalue weighted by Gasteiger charge is 2.36. The van der Waals surface area contributed by atoms with Gasteiger partial charge in [-0.25, -0.2) is 4.79 Å². The molecule has 2 amide bonds. The summed E-state index contributed by atoms with van der Waals surface area (Å²) in [5, 5.41) is 0. The minimum absolute atomic E-state index is 0.0397. The summed E-state index contributed by atoms with van der Waals surface area (Å²) >= 11 is 3.31. The van der Waals surface area contributed by atoms with Crippen LogP contribution < -0.4 is 4.74 Å². The Hall–Kier alpha value is -3.19. The van der Waals surface area contributed by atoms with Crippen LogP contribution in [0.1, 0.15) is 36.8 Å².